The summed E-state index contributed by atoms with van der Waals surface area (Å²) in [5, 5.41) is 18.2. The number of aromatic amines is 1. The maximum atomic E-state index is 12.6. The number of H-pyrrole nitrogens is 1. The number of halogens is 2. The lowest BCUT2D eigenvalue weighted by Crippen LogP contribution is -1.99. The number of nitrogens with zero attached hydrogens (tertiary/aromatic N) is 2. The Morgan fingerprint density at radius 3 is 2.85 bits per heavy atom. The van der Waals surface area contributed by atoms with Gasteiger partial charge in [-0.2, -0.15) is 0 Å². The molecule has 1 atom stereocenters. The number of rotatable bonds is 3. The molecule has 0 aliphatic heterocycles. The first kappa shape index (κ1) is 8.55. The van der Waals surface area contributed by atoms with E-state index in [2.05, 4.69) is 15.4 Å². The van der Waals surface area contributed by atoms with Crippen LogP contribution in [0.4, 0.5) is 8.78 Å². The fourth-order valence-electron chi connectivity index (χ4n) is 1.35. The molecule has 1 aliphatic carbocycles. The van der Waals surface area contributed by atoms with Gasteiger partial charge < -0.3 is 5.11 Å². The van der Waals surface area contributed by atoms with Crippen LogP contribution in [-0.4, -0.2) is 33.0 Å². The first-order valence-electron chi connectivity index (χ1n) is 4.03. The lowest BCUT2D eigenvalue weighted by atomic mass is 10.2. The Kier molecular flexibility index (Phi) is 1.80. The van der Waals surface area contributed by atoms with Crippen molar-refractivity contribution in [3.8, 4) is 0 Å². The Morgan fingerprint density at radius 2 is 2.31 bits per heavy atom. The second kappa shape index (κ2) is 2.73. The highest BCUT2D eigenvalue weighted by atomic mass is 19.3. The number of nitrogens with one attached hydrogen (secondary N) is 1. The smallest absolute Gasteiger partial charge is 0.257 e. The molecule has 1 aromatic rings. The van der Waals surface area contributed by atoms with Crippen LogP contribution in [0.1, 0.15) is 23.7 Å². The number of aliphatic hydroxyl groups excluding tert-OH is 1. The molecule has 0 saturated heterocycles. The highest BCUT2D eigenvalue weighted by Crippen LogP contribution is 2.55. The molecule has 0 radical (unpaired) electrons. The predicted octanol–water partition coefficient (Wildman–Crippen LogP) is 0.462. The molecule has 6 heteroatoms. The van der Waals surface area contributed by atoms with Crippen molar-refractivity contribution in [3.05, 3.63) is 11.4 Å². The predicted molar refractivity (Wildman–Crippen MR) is 39.5 cm³/mol. The van der Waals surface area contributed by atoms with Gasteiger partial charge >= 0.3 is 0 Å². The number of hydrogen-bond acceptors (Lipinski definition) is 3. The molecule has 13 heavy (non-hydrogen) atoms. The van der Waals surface area contributed by atoms with Crippen LogP contribution in [0.15, 0.2) is 0 Å². The second-order valence-corrected chi connectivity index (χ2v) is 3.16. The van der Waals surface area contributed by atoms with Gasteiger partial charge in [0.15, 0.2) is 0 Å². The van der Waals surface area contributed by atoms with Crippen LogP contribution < -0.4 is 0 Å². The Balaban J connectivity index is 2.17. The van der Waals surface area contributed by atoms with Crippen LogP contribution in [-0.2, 0) is 6.42 Å². The Morgan fingerprint density at radius 1 is 1.62 bits per heavy atom. The van der Waals surface area contributed by atoms with Gasteiger partial charge in [0.25, 0.3) is 5.92 Å². The third kappa shape index (κ3) is 1.41. The number of aromatic nitrogens is 3. The zero-order valence-electron chi connectivity index (χ0n) is 6.80. The largest absolute Gasteiger partial charge is 0.396 e. The molecular weight excluding hydrogens is 180 g/mol. The van der Waals surface area contributed by atoms with Crippen LogP contribution in [0.25, 0.3) is 0 Å². The molecule has 1 fully saturated rings. The van der Waals surface area contributed by atoms with E-state index >= 15 is 0 Å². The summed E-state index contributed by atoms with van der Waals surface area (Å²) in [5.41, 5.74) is 0.823. The zero-order valence-corrected chi connectivity index (χ0v) is 6.80. The molecule has 1 unspecified atom stereocenters. The Labute approximate surface area is 73.0 Å². The lowest BCUT2D eigenvalue weighted by Gasteiger charge is -1.97. The third-order valence-electron chi connectivity index (χ3n) is 2.18. The highest BCUT2D eigenvalue weighted by molar-refractivity contribution is 5.25. The summed E-state index contributed by atoms with van der Waals surface area (Å²) in [6.07, 6.45) is 0.133. The maximum Gasteiger partial charge on any atom is 0.257 e. The topological polar surface area (TPSA) is 61.8 Å². The van der Waals surface area contributed by atoms with Crippen LogP contribution >= 0.6 is 0 Å². The van der Waals surface area contributed by atoms with Gasteiger partial charge in [-0.3, -0.25) is 5.10 Å². The van der Waals surface area contributed by atoms with Crippen molar-refractivity contribution in [2.24, 2.45) is 0 Å². The minimum Gasteiger partial charge on any atom is -0.396 e. The van der Waals surface area contributed by atoms with Gasteiger partial charge in [0.2, 0.25) is 0 Å². The maximum absolute atomic E-state index is 12.6. The Bertz CT molecular complexity index is 312. The molecule has 1 aromatic heterocycles. The SMILES string of the molecule is OCCc1nn[nH]c1C1CC1(F)F. The average molecular weight is 189 g/mol. The monoisotopic (exact) mass is 189 g/mol. The molecule has 72 valence electrons. The summed E-state index contributed by atoms with van der Waals surface area (Å²) in [7, 11) is 0. The van der Waals surface area contributed by atoms with Crippen molar-refractivity contribution in [2.75, 3.05) is 6.61 Å². The summed E-state index contributed by atoms with van der Waals surface area (Å²) in [6, 6.07) is 0. The van der Waals surface area contributed by atoms with E-state index in [1.165, 1.54) is 0 Å². The van der Waals surface area contributed by atoms with E-state index in [1.807, 2.05) is 0 Å². The van der Waals surface area contributed by atoms with Crippen molar-refractivity contribution in [2.45, 2.75) is 24.7 Å². The van der Waals surface area contributed by atoms with E-state index in [1.54, 1.807) is 0 Å². The number of hydrogen-bond donors (Lipinski definition) is 2. The minimum absolute atomic E-state index is 0.0994. The first-order chi connectivity index (χ1) is 6.15. The van der Waals surface area contributed by atoms with Crippen LogP contribution in [0.2, 0.25) is 0 Å². The van der Waals surface area contributed by atoms with Crippen LogP contribution in [0.3, 0.4) is 0 Å². The second-order valence-electron chi connectivity index (χ2n) is 3.16. The van der Waals surface area contributed by atoms with Gasteiger partial charge in [0, 0.05) is 19.4 Å². The molecular formula is C7H9F2N3O. The minimum atomic E-state index is -2.61. The van der Waals surface area contributed by atoms with Crippen molar-refractivity contribution in [1.29, 1.82) is 0 Å². The molecule has 1 aliphatic rings. The molecule has 2 rings (SSSR count). The van der Waals surface area contributed by atoms with E-state index in [0.29, 0.717) is 11.4 Å². The third-order valence-corrected chi connectivity index (χ3v) is 2.18. The van der Waals surface area contributed by atoms with E-state index in [-0.39, 0.29) is 19.4 Å². The normalized spacial score (nSPS) is 24.7. The van der Waals surface area contributed by atoms with Gasteiger partial charge in [0.05, 0.1) is 17.3 Å². The molecule has 4 nitrogen and oxygen atoms in total. The molecule has 0 amide bonds. The van der Waals surface area contributed by atoms with Crippen molar-refractivity contribution in [1.82, 2.24) is 15.4 Å². The van der Waals surface area contributed by atoms with Crippen molar-refractivity contribution < 1.29 is 13.9 Å². The molecule has 1 heterocycles. The molecule has 1 saturated carbocycles. The van der Waals surface area contributed by atoms with Crippen molar-refractivity contribution >= 4 is 0 Å². The summed E-state index contributed by atoms with van der Waals surface area (Å²) in [5.74, 6) is -3.39. The quantitative estimate of drug-likeness (QED) is 0.726. The van der Waals surface area contributed by atoms with E-state index in [0.717, 1.165) is 0 Å². The summed E-state index contributed by atoms with van der Waals surface area (Å²) in [4.78, 5) is 0. The fraction of sp³-hybridized carbons (Fsp3) is 0.714. The first-order valence-corrected chi connectivity index (χ1v) is 4.03. The van der Waals surface area contributed by atoms with Gasteiger partial charge in [0.1, 0.15) is 0 Å². The molecule has 0 spiro atoms. The molecule has 0 bridgehead atoms. The van der Waals surface area contributed by atoms with Gasteiger partial charge in [-0.25, -0.2) is 8.78 Å². The Hall–Kier alpha value is -1.04. The van der Waals surface area contributed by atoms with Gasteiger partial charge in [-0.1, -0.05) is 5.21 Å². The number of aliphatic hydroxyl groups is 1. The van der Waals surface area contributed by atoms with E-state index in [9.17, 15) is 8.78 Å². The van der Waals surface area contributed by atoms with Gasteiger partial charge in [-0.05, 0) is 0 Å². The van der Waals surface area contributed by atoms with E-state index < -0.39 is 11.8 Å². The fourth-order valence-corrected chi connectivity index (χ4v) is 1.35. The summed E-state index contributed by atoms with van der Waals surface area (Å²) < 4.78 is 25.3. The van der Waals surface area contributed by atoms with Crippen molar-refractivity contribution in [3.63, 3.8) is 0 Å². The molecule has 0 aromatic carbocycles. The van der Waals surface area contributed by atoms with Crippen LogP contribution in [0.5, 0.6) is 0 Å². The average Bonchev–Trinajstić information content (AvgIpc) is 2.52. The van der Waals surface area contributed by atoms with Gasteiger partial charge in [-0.15, -0.1) is 5.10 Å². The molecule has 2 N–H and O–H groups in total. The lowest BCUT2D eigenvalue weighted by molar-refractivity contribution is 0.111. The standard InChI is InChI=1S/C7H9F2N3O/c8-7(9)3-4(7)6-5(1-2-13)10-12-11-6/h4,13H,1-3H2,(H,10,11,12). The van der Waals surface area contributed by atoms with E-state index in [4.69, 9.17) is 5.11 Å². The summed E-state index contributed by atoms with van der Waals surface area (Å²) in [6.45, 7) is -0.0994. The highest BCUT2D eigenvalue weighted by Gasteiger charge is 2.59. The number of alkyl halides is 2. The zero-order chi connectivity index (χ0) is 9.47. The van der Waals surface area contributed by atoms with Crippen LogP contribution in [0, 0.1) is 0 Å². The summed E-state index contributed by atoms with van der Waals surface area (Å²) >= 11 is 0.